The van der Waals surface area contributed by atoms with Gasteiger partial charge in [0.1, 0.15) is 5.75 Å². The van der Waals surface area contributed by atoms with Crippen molar-refractivity contribution in [2.45, 2.75) is 78.7 Å². The quantitative estimate of drug-likeness (QED) is 0.323. The van der Waals surface area contributed by atoms with Crippen molar-refractivity contribution >= 4 is 12.1 Å². The molecular formula is C31H48N4O2. The van der Waals surface area contributed by atoms with Crippen LogP contribution in [0.5, 0.6) is 5.75 Å². The molecule has 0 heterocycles. The van der Waals surface area contributed by atoms with Gasteiger partial charge in [0, 0.05) is 30.8 Å². The normalized spacial score (nSPS) is 12.8. The van der Waals surface area contributed by atoms with E-state index in [9.17, 15) is 9.90 Å². The summed E-state index contributed by atoms with van der Waals surface area (Å²) < 4.78 is 0. The van der Waals surface area contributed by atoms with Crippen molar-refractivity contribution in [2.75, 3.05) is 33.7 Å². The van der Waals surface area contributed by atoms with Crippen molar-refractivity contribution in [2.24, 2.45) is 5.10 Å². The zero-order valence-electron chi connectivity index (χ0n) is 24.6. The molecule has 0 aromatic heterocycles. The fourth-order valence-corrected chi connectivity index (χ4v) is 4.03. The average molecular weight is 509 g/mol. The number of amides is 1. The van der Waals surface area contributed by atoms with Crippen LogP contribution in [0, 0.1) is 0 Å². The second kappa shape index (κ2) is 12.7. The number of nitrogens with zero attached hydrogens (tertiary/aromatic N) is 3. The number of hydrogen-bond acceptors (Lipinski definition) is 5. The molecule has 0 saturated carbocycles. The van der Waals surface area contributed by atoms with E-state index >= 15 is 0 Å². The van der Waals surface area contributed by atoms with E-state index in [-0.39, 0.29) is 29.0 Å². The minimum atomic E-state index is -0.218. The van der Waals surface area contributed by atoms with Gasteiger partial charge in [0.15, 0.2) is 0 Å². The highest BCUT2D eigenvalue weighted by molar-refractivity contribution is 5.86. The van der Waals surface area contributed by atoms with Crippen molar-refractivity contribution in [1.29, 1.82) is 0 Å². The van der Waals surface area contributed by atoms with Crippen molar-refractivity contribution in [3.8, 4) is 5.75 Å². The van der Waals surface area contributed by atoms with Gasteiger partial charge in [-0.2, -0.15) is 5.10 Å². The second-order valence-electron chi connectivity index (χ2n) is 12.6. The van der Waals surface area contributed by atoms with E-state index < -0.39 is 0 Å². The SMILES string of the molecule is CC(C)c1ccc(CN(C)CCN(C)CC(=O)NN=Cc2cc(C(C)(C)C)cc(C(C)(C)C)c2O)cc1. The van der Waals surface area contributed by atoms with Gasteiger partial charge in [0.05, 0.1) is 12.8 Å². The third-order valence-electron chi connectivity index (χ3n) is 6.58. The highest BCUT2D eigenvalue weighted by Crippen LogP contribution is 2.37. The van der Waals surface area contributed by atoms with Crippen LogP contribution < -0.4 is 5.43 Å². The number of benzene rings is 2. The Bertz CT molecular complexity index is 1060. The third kappa shape index (κ3) is 9.60. The summed E-state index contributed by atoms with van der Waals surface area (Å²) in [6.07, 6.45) is 1.54. The number of phenols is 1. The summed E-state index contributed by atoms with van der Waals surface area (Å²) >= 11 is 0. The molecule has 0 atom stereocenters. The second-order valence-corrected chi connectivity index (χ2v) is 12.6. The fraction of sp³-hybridized carbons (Fsp3) is 0.548. The smallest absolute Gasteiger partial charge is 0.254 e. The van der Waals surface area contributed by atoms with Crippen molar-refractivity contribution in [3.63, 3.8) is 0 Å². The van der Waals surface area contributed by atoms with Gasteiger partial charge in [-0.25, -0.2) is 5.43 Å². The molecule has 0 fully saturated rings. The number of carbonyl (C=O) groups is 1. The monoisotopic (exact) mass is 508 g/mol. The number of phenolic OH excluding ortho intramolecular Hbond substituents is 1. The maximum absolute atomic E-state index is 12.5. The van der Waals surface area contributed by atoms with Gasteiger partial charge in [-0.05, 0) is 53.6 Å². The average Bonchev–Trinajstić information content (AvgIpc) is 2.77. The van der Waals surface area contributed by atoms with Gasteiger partial charge in [0.25, 0.3) is 5.91 Å². The van der Waals surface area contributed by atoms with Crippen LogP contribution in [0.2, 0.25) is 0 Å². The summed E-state index contributed by atoms with van der Waals surface area (Å²) in [5.74, 6) is 0.557. The number of hydrogen-bond donors (Lipinski definition) is 2. The van der Waals surface area contributed by atoms with Gasteiger partial charge >= 0.3 is 0 Å². The summed E-state index contributed by atoms with van der Waals surface area (Å²) in [5.41, 5.74) is 7.55. The van der Waals surface area contributed by atoms with E-state index in [2.05, 4.69) is 108 Å². The van der Waals surface area contributed by atoms with E-state index in [4.69, 9.17) is 0 Å². The summed E-state index contributed by atoms with van der Waals surface area (Å²) in [4.78, 5) is 16.7. The molecule has 37 heavy (non-hydrogen) atoms. The van der Waals surface area contributed by atoms with Crippen LogP contribution in [-0.4, -0.2) is 60.8 Å². The number of aromatic hydroxyl groups is 1. The van der Waals surface area contributed by atoms with E-state index in [1.54, 1.807) is 0 Å². The van der Waals surface area contributed by atoms with E-state index in [0.29, 0.717) is 11.5 Å². The third-order valence-corrected chi connectivity index (χ3v) is 6.58. The summed E-state index contributed by atoms with van der Waals surface area (Å²) in [6, 6.07) is 12.8. The molecule has 0 spiro atoms. The predicted octanol–water partition coefficient (Wildman–Crippen LogP) is 5.62. The van der Waals surface area contributed by atoms with Gasteiger partial charge in [0.2, 0.25) is 0 Å². The lowest BCUT2D eigenvalue weighted by atomic mass is 9.79. The van der Waals surface area contributed by atoms with Crippen LogP contribution in [0.15, 0.2) is 41.5 Å². The zero-order valence-corrected chi connectivity index (χ0v) is 24.6. The first-order valence-corrected chi connectivity index (χ1v) is 13.2. The molecule has 0 bridgehead atoms. The molecular weight excluding hydrogens is 460 g/mol. The first-order chi connectivity index (χ1) is 17.1. The lowest BCUT2D eigenvalue weighted by Crippen LogP contribution is -2.37. The van der Waals surface area contributed by atoms with Crippen LogP contribution in [0.25, 0.3) is 0 Å². The van der Waals surface area contributed by atoms with Crippen LogP contribution >= 0.6 is 0 Å². The maximum atomic E-state index is 12.5. The van der Waals surface area contributed by atoms with E-state index in [1.807, 2.05) is 18.0 Å². The first kappa shape index (κ1) is 30.5. The highest BCUT2D eigenvalue weighted by Gasteiger charge is 2.24. The highest BCUT2D eigenvalue weighted by atomic mass is 16.3. The Balaban J connectivity index is 1.90. The van der Waals surface area contributed by atoms with Crippen molar-refractivity contribution < 1.29 is 9.90 Å². The van der Waals surface area contributed by atoms with Crippen LogP contribution in [0.3, 0.4) is 0 Å². The van der Waals surface area contributed by atoms with Crippen molar-refractivity contribution in [1.82, 2.24) is 15.2 Å². The molecule has 2 rings (SSSR count). The van der Waals surface area contributed by atoms with E-state index in [0.717, 1.165) is 30.8 Å². The minimum Gasteiger partial charge on any atom is -0.507 e. The van der Waals surface area contributed by atoms with Gasteiger partial charge in [-0.3, -0.25) is 9.69 Å². The molecule has 0 radical (unpaired) electrons. The number of nitrogens with one attached hydrogen (secondary N) is 1. The fourth-order valence-electron chi connectivity index (χ4n) is 4.03. The summed E-state index contributed by atoms with van der Waals surface area (Å²) in [7, 11) is 4.03. The minimum absolute atomic E-state index is 0.0764. The largest absolute Gasteiger partial charge is 0.507 e. The molecule has 2 aromatic rings. The Hall–Kier alpha value is -2.70. The van der Waals surface area contributed by atoms with Crippen LogP contribution in [0.1, 0.15) is 89.1 Å². The van der Waals surface area contributed by atoms with Gasteiger partial charge < -0.3 is 10.0 Å². The molecule has 6 heteroatoms. The maximum Gasteiger partial charge on any atom is 0.254 e. The van der Waals surface area contributed by atoms with Crippen LogP contribution in [0.4, 0.5) is 0 Å². The van der Waals surface area contributed by atoms with Gasteiger partial charge in [-0.15, -0.1) is 0 Å². The standard InChI is InChI=1S/C31H48N4O2/c1-22(2)24-13-11-23(12-14-24)20-34(9)15-16-35(10)21-28(36)33-32-19-25-17-26(30(3,4)5)18-27(29(25)37)31(6,7)8/h11-14,17-19,22,37H,15-16,20-21H2,1-10H3,(H,33,36). The lowest BCUT2D eigenvalue weighted by molar-refractivity contribution is -0.121. The zero-order chi connectivity index (χ0) is 28.0. The molecule has 6 nitrogen and oxygen atoms in total. The Kier molecular flexibility index (Phi) is 10.5. The number of likely N-dealkylation sites (N-methyl/N-ethyl adjacent to an activating group) is 2. The Labute approximate surface area is 224 Å². The molecule has 204 valence electrons. The Morgan fingerprint density at radius 3 is 2.11 bits per heavy atom. The molecule has 1 amide bonds. The topological polar surface area (TPSA) is 68.2 Å². The van der Waals surface area contributed by atoms with Gasteiger partial charge in [-0.1, -0.05) is 85.7 Å². The molecule has 0 aliphatic rings. The molecule has 0 aliphatic heterocycles. The molecule has 2 N–H and O–H groups in total. The number of hydrazone groups is 1. The molecule has 0 aliphatic carbocycles. The molecule has 0 unspecified atom stereocenters. The summed E-state index contributed by atoms with van der Waals surface area (Å²) in [6.45, 7) is 19.8. The summed E-state index contributed by atoms with van der Waals surface area (Å²) in [5, 5.41) is 15.0. The molecule has 0 saturated heterocycles. The lowest BCUT2D eigenvalue weighted by Gasteiger charge is -2.26. The predicted molar refractivity (Wildman–Crippen MR) is 156 cm³/mol. The van der Waals surface area contributed by atoms with Crippen molar-refractivity contribution in [3.05, 3.63) is 64.2 Å². The molecule has 2 aromatic carbocycles. The van der Waals surface area contributed by atoms with E-state index in [1.165, 1.54) is 17.3 Å². The Morgan fingerprint density at radius 2 is 1.57 bits per heavy atom. The Morgan fingerprint density at radius 1 is 0.973 bits per heavy atom. The van der Waals surface area contributed by atoms with Crippen LogP contribution in [-0.2, 0) is 22.2 Å². The number of carbonyl (C=O) groups excluding carboxylic acids is 1. The first-order valence-electron chi connectivity index (χ1n) is 13.2. The number of rotatable bonds is 10.